The Kier molecular flexibility index (Phi) is 12.7. The van der Waals surface area contributed by atoms with Crippen LogP contribution in [0.1, 0.15) is 74.2 Å². The van der Waals surface area contributed by atoms with E-state index >= 15 is 0 Å². The van der Waals surface area contributed by atoms with Gasteiger partial charge in [-0.05, 0) is 123 Å². The number of H-pyrrole nitrogens is 1. The number of piperidine rings is 2. The first-order valence-corrected chi connectivity index (χ1v) is 23.1. The monoisotopic (exact) mass is 901 g/mol. The summed E-state index contributed by atoms with van der Waals surface area (Å²) in [5.41, 5.74) is 8.23. The zero-order chi connectivity index (χ0) is 45.5. The number of halogens is 1. The predicted octanol–water partition coefficient (Wildman–Crippen LogP) is 8.26. The van der Waals surface area contributed by atoms with Gasteiger partial charge < -0.3 is 41.4 Å². The molecule has 3 aromatic heterocycles. The number of aromatic nitrogens is 8. The fourth-order valence-electron chi connectivity index (χ4n) is 9.19. The van der Waals surface area contributed by atoms with Gasteiger partial charge in [-0.15, -0.1) is 0 Å². The largest absolute Gasteiger partial charge is 0.382 e. The Morgan fingerprint density at radius 3 is 1.87 bits per heavy atom. The summed E-state index contributed by atoms with van der Waals surface area (Å²) in [6.45, 7) is 3.12. The SMILES string of the molecule is O=C(CCC(=O)Nc1cccc(Nc2ncnc(N3CCC(c4nc5ccc(F)cc5[nH]4)CC3)n2)c1)Nc1cccc(Nc2ncnc(N3CCC(Nc4cccc5c4CCCC5)CC3)n2)c1. The molecule has 6 N–H and O–H groups in total. The Morgan fingerprint density at radius 1 is 0.642 bits per heavy atom. The summed E-state index contributed by atoms with van der Waals surface area (Å²) < 4.78 is 13.7. The molecule has 0 atom stereocenters. The molecule has 2 aliphatic heterocycles. The number of benzene rings is 4. The van der Waals surface area contributed by atoms with Crippen molar-refractivity contribution in [2.24, 2.45) is 0 Å². The van der Waals surface area contributed by atoms with Crippen molar-refractivity contribution in [3.05, 3.63) is 120 Å². The van der Waals surface area contributed by atoms with Gasteiger partial charge in [-0.25, -0.2) is 29.3 Å². The number of nitrogens with one attached hydrogen (secondary N) is 6. The number of anilines is 9. The van der Waals surface area contributed by atoms with Gasteiger partial charge in [0.05, 0.1) is 11.0 Å². The van der Waals surface area contributed by atoms with Crippen molar-refractivity contribution >= 4 is 75.1 Å². The summed E-state index contributed by atoms with van der Waals surface area (Å²) in [5.74, 6) is 2.16. The molecule has 5 heterocycles. The van der Waals surface area contributed by atoms with E-state index in [1.807, 2.05) is 18.2 Å². The lowest BCUT2D eigenvalue weighted by Gasteiger charge is -2.33. The van der Waals surface area contributed by atoms with Gasteiger partial charge in [-0.2, -0.15) is 9.97 Å². The van der Waals surface area contributed by atoms with Crippen molar-refractivity contribution in [1.29, 1.82) is 0 Å². The average molecular weight is 902 g/mol. The standard InChI is InChI=1S/C49H52FN15O2/c50-33-14-15-41-42(26-33)61-45(60-41)32-18-22-64(23-19-32)48-53-29-51-46(62-48)58-37-10-4-8-35(27-37)56-43(66)16-17-44(67)57-36-9-5-11-38(28-36)59-47-52-30-54-49(63-47)65-24-20-34(21-25-65)55-40-13-3-7-31-6-1-2-12-39(31)40/h3-5,7-11,13-15,26-30,32,34,55H,1-2,6,12,16-25H2,(H,56,66)(H,57,67)(H,60,61)(H,51,53,58,62)(H,52,54,59,63). The minimum Gasteiger partial charge on any atom is -0.382 e. The van der Waals surface area contributed by atoms with E-state index in [1.54, 1.807) is 36.4 Å². The van der Waals surface area contributed by atoms with Crippen molar-refractivity contribution in [2.75, 3.05) is 62.6 Å². The molecular formula is C49H52FN15O2. The first kappa shape index (κ1) is 43.1. The summed E-state index contributed by atoms with van der Waals surface area (Å²) in [6.07, 6.45) is 11.5. The summed E-state index contributed by atoms with van der Waals surface area (Å²) in [6, 6.07) is 26.1. The van der Waals surface area contributed by atoms with Gasteiger partial charge in [0.2, 0.25) is 35.6 Å². The second-order valence-electron chi connectivity index (χ2n) is 17.3. The molecule has 17 nitrogen and oxygen atoms in total. The molecule has 2 saturated heterocycles. The number of nitrogens with zero attached hydrogens (tertiary/aromatic N) is 9. The van der Waals surface area contributed by atoms with Gasteiger partial charge in [0.15, 0.2) is 0 Å². The lowest BCUT2D eigenvalue weighted by Crippen LogP contribution is -2.40. The number of aryl methyl sites for hydroxylation is 1. The summed E-state index contributed by atoms with van der Waals surface area (Å²) in [4.78, 5) is 65.1. The molecule has 18 heteroatoms. The molecule has 2 fully saturated rings. The number of imidazole rings is 1. The summed E-state index contributed by atoms with van der Waals surface area (Å²) >= 11 is 0. The Balaban J connectivity index is 0.664. The zero-order valence-electron chi connectivity index (χ0n) is 37.0. The second-order valence-corrected chi connectivity index (χ2v) is 17.3. The molecule has 0 spiro atoms. The van der Waals surface area contributed by atoms with Crippen LogP contribution in [-0.4, -0.2) is 83.9 Å². The van der Waals surface area contributed by atoms with Gasteiger partial charge in [0.1, 0.15) is 24.3 Å². The van der Waals surface area contributed by atoms with Crippen LogP contribution in [0.25, 0.3) is 11.0 Å². The van der Waals surface area contributed by atoms with Crippen LogP contribution < -0.4 is 36.4 Å². The highest BCUT2D eigenvalue weighted by Crippen LogP contribution is 2.32. The van der Waals surface area contributed by atoms with Crippen LogP contribution in [0.4, 0.5) is 56.6 Å². The lowest BCUT2D eigenvalue weighted by molar-refractivity contribution is -0.121. The maximum atomic E-state index is 13.7. The fourth-order valence-corrected chi connectivity index (χ4v) is 9.19. The molecule has 0 radical (unpaired) electrons. The highest BCUT2D eigenvalue weighted by molar-refractivity contribution is 5.97. The van der Waals surface area contributed by atoms with Crippen LogP contribution in [0.5, 0.6) is 0 Å². The van der Waals surface area contributed by atoms with Crippen LogP contribution in [0.2, 0.25) is 0 Å². The molecule has 0 saturated carbocycles. The fraction of sp³-hybridized carbons (Fsp3) is 0.327. The van der Waals surface area contributed by atoms with Gasteiger partial charge in [0.25, 0.3) is 0 Å². The smallest absolute Gasteiger partial charge is 0.231 e. The van der Waals surface area contributed by atoms with Crippen molar-refractivity contribution < 1.29 is 14.0 Å². The number of hydrogen-bond acceptors (Lipinski definition) is 14. The van der Waals surface area contributed by atoms with E-state index in [4.69, 9.17) is 4.98 Å². The van der Waals surface area contributed by atoms with E-state index in [1.165, 1.54) is 60.9 Å². The third kappa shape index (κ3) is 10.7. The van der Waals surface area contributed by atoms with Gasteiger partial charge in [-0.3, -0.25) is 9.59 Å². The van der Waals surface area contributed by atoms with Gasteiger partial charge in [0, 0.05) is 79.4 Å². The molecule has 67 heavy (non-hydrogen) atoms. The number of fused-ring (bicyclic) bond motifs is 2. The first-order chi connectivity index (χ1) is 32.8. The lowest BCUT2D eigenvalue weighted by atomic mass is 9.90. The quantitative estimate of drug-likeness (QED) is 0.0608. The molecule has 0 bridgehead atoms. The molecule has 0 unspecified atom stereocenters. The molecule has 3 aliphatic rings. The van der Waals surface area contributed by atoms with Crippen LogP contribution in [0.15, 0.2) is 97.6 Å². The van der Waals surface area contributed by atoms with E-state index in [-0.39, 0.29) is 36.4 Å². The van der Waals surface area contributed by atoms with E-state index in [0.29, 0.717) is 58.1 Å². The molecule has 7 aromatic rings. The normalized spacial score (nSPS) is 15.5. The molecule has 2 amide bonds. The Bertz CT molecular complexity index is 2880. The first-order valence-electron chi connectivity index (χ1n) is 23.1. The number of carbonyl (C=O) groups excluding carboxylic acids is 2. The van der Waals surface area contributed by atoms with E-state index in [2.05, 4.69) is 89.5 Å². The molecule has 1 aliphatic carbocycles. The highest BCUT2D eigenvalue weighted by Gasteiger charge is 2.26. The maximum absolute atomic E-state index is 13.7. The third-order valence-corrected chi connectivity index (χ3v) is 12.7. The summed E-state index contributed by atoms with van der Waals surface area (Å²) in [7, 11) is 0. The second kappa shape index (κ2) is 19.8. The van der Waals surface area contributed by atoms with Crippen molar-refractivity contribution in [3.8, 4) is 0 Å². The number of amides is 2. The van der Waals surface area contributed by atoms with E-state index in [0.717, 1.165) is 69.6 Å². The molecule has 342 valence electrons. The number of rotatable bonds is 14. The zero-order valence-corrected chi connectivity index (χ0v) is 37.0. The summed E-state index contributed by atoms with van der Waals surface area (Å²) in [5, 5.41) is 16.1. The molecular weight excluding hydrogens is 850 g/mol. The minimum atomic E-state index is -0.302. The van der Waals surface area contributed by atoms with Crippen molar-refractivity contribution in [3.63, 3.8) is 0 Å². The van der Waals surface area contributed by atoms with Crippen LogP contribution >= 0.6 is 0 Å². The van der Waals surface area contributed by atoms with Crippen LogP contribution in [0.3, 0.4) is 0 Å². The maximum Gasteiger partial charge on any atom is 0.231 e. The molecule has 10 rings (SSSR count). The number of carbonyl (C=O) groups is 2. The Morgan fingerprint density at radius 2 is 1.22 bits per heavy atom. The number of hydrogen-bond donors (Lipinski definition) is 6. The third-order valence-electron chi connectivity index (χ3n) is 12.7. The van der Waals surface area contributed by atoms with Crippen molar-refractivity contribution in [2.45, 2.75) is 76.2 Å². The Labute approximate surface area is 386 Å². The van der Waals surface area contributed by atoms with Gasteiger partial charge >= 0.3 is 0 Å². The van der Waals surface area contributed by atoms with Crippen LogP contribution in [-0.2, 0) is 22.4 Å². The van der Waals surface area contributed by atoms with Gasteiger partial charge in [-0.1, -0.05) is 24.3 Å². The number of aromatic amines is 1. The van der Waals surface area contributed by atoms with E-state index < -0.39 is 0 Å². The van der Waals surface area contributed by atoms with E-state index in [9.17, 15) is 14.0 Å². The Hall–Kier alpha value is -7.76. The predicted molar refractivity (Wildman–Crippen MR) is 258 cm³/mol. The topological polar surface area (TPSA) is 207 Å². The average Bonchev–Trinajstić information content (AvgIpc) is 3.78. The minimum absolute atomic E-state index is 0.0127. The van der Waals surface area contributed by atoms with Crippen LogP contribution in [0, 0.1) is 5.82 Å². The van der Waals surface area contributed by atoms with Crippen molar-refractivity contribution in [1.82, 2.24) is 39.9 Å². The highest BCUT2D eigenvalue weighted by atomic mass is 19.1. The molecule has 4 aromatic carbocycles.